The SMILES string of the molecule is CCCC1CCC(c2ccc(-c3ccc(C(=O)Oc4cc(F)c(C5CO5)c(F)c4)cc3)cc2)CC1. The molecular weight excluding hydrogens is 446 g/mol. The van der Waals surface area contributed by atoms with E-state index in [-0.39, 0.29) is 11.3 Å². The monoisotopic (exact) mass is 476 g/mol. The fourth-order valence-electron chi connectivity index (χ4n) is 5.25. The molecule has 5 heteroatoms. The summed E-state index contributed by atoms with van der Waals surface area (Å²) in [5.41, 5.74) is 3.66. The third-order valence-electron chi connectivity index (χ3n) is 7.30. The van der Waals surface area contributed by atoms with Crippen LogP contribution < -0.4 is 4.74 Å². The molecule has 0 N–H and O–H groups in total. The molecule has 0 amide bonds. The minimum Gasteiger partial charge on any atom is -0.423 e. The van der Waals surface area contributed by atoms with Gasteiger partial charge in [0.2, 0.25) is 0 Å². The van der Waals surface area contributed by atoms with Crippen LogP contribution in [0.2, 0.25) is 0 Å². The Hall–Kier alpha value is -3.05. The lowest BCUT2D eigenvalue weighted by atomic mass is 9.77. The van der Waals surface area contributed by atoms with Gasteiger partial charge in [0.15, 0.2) is 0 Å². The van der Waals surface area contributed by atoms with Crippen LogP contribution in [0.15, 0.2) is 60.7 Å². The van der Waals surface area contributed by atoms with E-state index in [1.807, 2.05) is 12.1 Å². The molecule has 182 valence electrons. The van der Waals surface area contributed by atoms with Crippen LogP contribution in [0.4, 0.5) is 8.78 Å². The molecule has 1 heterocycles. The van der Waals surface area contributed by atoms with Crippen molar-refractivity contribution in [2.45, 2.75) is 57.5 Å². The van der Waals surface area contributed by atoms with Crippen LogP contribution in [-0.4, -0.2) is 12.6 Å². The Morgan fingerprint density at radius 1 is 0.914 bits per heavy atom. The van der Waals surface area contributed by atoms with E-state index in [1.54, 1.807) is 12.1 Å². The van der Waals surface area contributed by atoms with Crippen molar-refractivity contribution in [2.75, 3.05) is 6.61 Å². The molecule has 3 nitrogen and oxygen atoms in total. The third kappa shape index (κ3) is 5.46. The van der Waals surface area contributed by atoms with Gasteiger partial charge in [-0.05, 0) is 66.3 Å². The van der Waals surface area contributed by atoms with E-state index in [0.29, 0.717) is 18.1 Å². The summed E-state index contributed by atoms with van der Waals surface area (Å²) < 4.78 is 38.5. The lowest BCUT2D eigenvalue weighted by Gasteiger charge is -2.28. The number of benzene rings is 3. The minimum absolute atomic E-state index is 0.121. The molecule has 2 aliphatic rings. The van der Waals surface area contributed by atoms with Crippen LogP contribution in [0.3, 0.4) is 0 Å². The van der Waals surface area contributed by atoms with E-state index in [9.17, 15) is 13.6 Å². The molecule has 5 rings (SSSR count). The Bertz CT molecular complexity index is 1150. The Morgan fingerprint density at radius 3 is 2.03 bits per heavy atom. The van der Waals surface area contributed by atoms with Gasteiger partial charge >= 0.3 is 5.97 Å². The number of ether oxygens (including phenoxy) is 2. The zero-order valence-corrected chi connectivity index (χ0v) is 19.9. The molecule has 2 fully saturated rings. The summed E-state index contributed by atoms with van der Waals surface area (Å²) in [6.07, 6.45) is 7.28. The quantitative estimate of drug-likeness (QED) is 0.197. The van der Waals surface area contributed by atoms with Gasteiger partial charge < -0.3 is 9.47 Å². The smallest absolute Gasteiger partial charge is 0.343 e. The molecule has 0 aromatic heterocycles. The van der Waals surface area contributed by atoms with Crippen molar-refractivity contribution >= 4 is 5.97 Å². The number of hydrogen-bond donors (Lipinski definition) is 0. The van der Waals surface area contributed by atoms with Gasteiger partial charge in [-0.3, -0.25) is 0 Å². The van der Waals surface area contributed by atoms with Crippen molar-refractivity contribution < 1.29 is 23.0 Å². The zero-order valence-electron chi connectivity index (χ0n) is 19.9. The van der Waals surface area contributed by atoms with Crippen LogP contribution in [0.25, 0.3) is 11.1 Å². The summed E-state index contributed by atoms with van der Waals surface area (Å²) in [5.74, 6) is -0.839. The maximum Gasteiger partial charge on any atom is 0.343 e. The minimum atomic E-state index is -0.775. The van der Waals surface area contributed by atoms with Gasteiger partial charge in [-0.2, -0.15) is 0 Å². The Balaban J connectivity index is 1.21. The Labute approximate surface area is 205 Å². The number of carbonyl (C=O) groups is 1. The number of hydrogen-bond acceptors (Lipinski definition) is 3. The predicted octanol–water partition coefficient (Wildman–Crippen LogP) is 8.00. The number of carbonyl (C=O) groups excluding carboxylic acids is 1. The molecule has 0 spiro atoms. The highest BCUT2D eigenvalue weighted by Gasteiger charge is 2.32. The van der Waals surface area contributed by atoms with Crippen LogP contribution in [0.5, 0.6) is 5.75 Å². The number of epoxide rings is 1. The summed E-state index contributed by atoms with van der Waals surface area (Å²) >= 11 is 0. The topological polar surface area (TPSA) is 38.8 Å². The average Bonchev–Trinajstić information content (AvgIpc) is 3.70. The fraction of sp³-hybridized carbons (Fsp3) is 0.367. The van der Waals surface area contributed by atoms with Gasteiger partial charge in [-0.15, -0.1) is 0 Å². The van der Waals surface area contributed by atoms with Crippen LogP contribution in [0, 0.1) is 17.6 Å². The highest BCUT2D eigenvalue weighted by atomic mass is 19.1. The van der Waals surface area contributed by atoms with Gasteiger partial charge in [-0.25, -0.2) is 13.6 Å². The van der Waals surface area contributed by atoms with Crippen molar-refractivity contribution in [3.8, 4) is 16.9 Å². The fourth-order valence-corrected chi connectivity index (χ4v) is 5.25. The van der Waals surface area contributed by atoms with Crippen molar-refractivity contribution in [3.05, 3.63) is 89.0 Å². The van der Waals surface area contributed by atoms with Gasteiger partial charge in [0.1, 0.15) is 23.5 Å². The van der Waals surface area contributed by atoms with Gasteiger partial charge in [0.05, 0.1) is 17.7 Å². The van der Waals surface area contributed by atoms with Crippen molar-refractivity contribution in [2.24, 2.45) is 5.92 Å². The van der Waals surface area contributed by atoms with Gasteiger partial charge in [0.25, 0.3) is 0 Å². The molecule has 1 atom stereocenters. The van der Waals surface area contributed by atoms with E-state index in [4.69, 9.17) is 9.47 Å². The maximum atomic E-state index is 14.2. The average molecular weight is 477 g/mol. The maximum absolute atomic E-state index is 14.2. The third-order valence-corrected chi connectivity index (χ3v) is 7.30. The number of esters is 1. The van der Waals surface area contributed by atoms with Gasteiger partial charge in [-0.1, -0.05) is 56.2 Å². The lowest BCUT2D eigenvalue weighted by Crippen LogP contribution is -2.13. The van der Waals surface area contributed by atoms with Crippen LogP contribution >= 0.6 is 0 Å². The first-order valence-electron chi connectivity index (χ1n) is 12.5. The second kappa shape index (κ2) is 10.3. The van der Waals surface area contributed by atoms with Crippen molar-refractivity contribution in [3.63, 3.8) is 0 Å². The molecular formula is C30H30F2O3. The zero-order chi connectivity index (χ0) is 24.4. The van der Waals surface area contributed by atoms with E-state index >= 15 is 0 Å². The van der Waals surface area contributed by atoms with Gasteiger partial charge in [0, 0.05) is 12.1 Å². The molecule has 1 saturated carbocycles. The molecule has 3 aromatic carbocycles. The standard InChI is InChI=1S/C30H30F2O3/c1-2-3-19-4-6-20(7-5-19)21-8-10-22(11-9-21)23-12-14-24(15-13-23)30(33)35-25-16-26(31)29(27(32)17-25)28-18-34-28/h8-17,19-20,28H,2-7,18H2,1H3. The molecule has 35 heavy (non-hydrogen) atoms. The molecule has 0 bridgehead atoms. The summed E-state index contributed by atoms with van der Waals surface area (Å²) in [6, 6.07) is 17.8. The predicted molar refractivity (Wildman–Crippen MR) is 131 cm³/mol. The number of halogens is 2. The Morgan fingerprint density at radius 2 is 1.49 bits per heavy atom. The molecule has 3 aromatic rings. The molecule has 1 saturated heterocycles. The molecule has 1 unspecified atom stereocenters. The number of rotatable bonds is 7. The van der Waals surface area contributed by atoms with E-state index in [1.165, 1.54) is 44.1 Å². The van der Waals surface area contributed by atoms with Crippen LogP contribution in [-0.2, 0) is 4.74 Å². The highest BCUT2D eigenvalue weighted by molar-refractivity contribution is 5.91. The van der Waals surface area contributed by atoms with E-state index in [2.05, 4.69) is 31.2 Å². The molecule has 0 radical (unpaired) electrons. The summed E-state index contributed by atoms with van der Waals surface area (Å²) in [6.45, 7) is 2.56. The van der Waals surface area contributed by atoms with Crippen molar-refractivity contribution in [1.82, 2.24) is 0 Å². The van der Waals surface area contributed by atoms with Crippen molar-refractivity contribution in [1.29, 1.82) is 0 Å². The largest absolute Gasteiger partial charge is 0.423 e. The van der Waals surface area contributed by atoms with E-state index < -0.39 is 23.7 Å². The first kappa shape index (κ1) is 23.7. The first-order valence-corrected chi connectivity index (χ1v) is 12.5. The Kier molecular flexibility index (Phi) is 6.96. The summed E-state index contributed by atoms with van der Waals surface area (Å²) in [7, 11) is 0. The molecule has 1 aliphatic heterocycles. The normalized spacial score (nSPS) is 21.5. The first-order chi connectivity index (χ1) is 17.0. The summed E-state index contributed by atoms with van der Waals surface area (Å²) in [4.78, 5) is 12.5. The van der Waals surface area contributed by atoms with E-state index in [0.717, 1.165) is 29.2 Å². The second-order valence-corrected chi connectivity index (χ2v) is 9.72. The highest BCUT2D eigenvalue weighted by Crippen LogP contribution is 2.38. The lowest BCUT2D eigenvalue weighted by molar-refractivity contribution is 0.0734. The second-order valence-electron chi connectivity index (χ2n) is 9.72. The molecule has 1 aliphatic carbocycles. The summed E-state index contributed by atoms with van der Waals surface area (Å²) in [5, 5.41) is 0. The van der Waals surface area contributed by atoms with Crippen LogP contribution in [0.1, 0.15) is 79.0 Å².